The predicted molar refractivity (Wildman–Crippen MR) is 88.8 cm³/mol. The van der Waals surface area contributed by atoms with E-state index in [0.717, 1.165) is 0 Å². The van der Waals surface area contributed by atoms with Gasteiger partial charge in [-0.2, -0.15) is 5.26 Å². The summed E-state index contributed by atoms with van der Waals surface area (Å²) in [7, 11) is 0. The van der Waals surface area contributed by atoms with Crippen molar-refractivity contribution in [3.63, 3.8) is 0 Å². The third-order valence-electron chi connectivity index (χ3n) is 4.90. The summed E-state index contributed by atoms with van der Waals surface area (Å²) in [6, 6.07) is 7.60. The number of nitriles is 1. The van der Waals surface area contributed by atoms with Crippen LogP contribution in [-0.4, -0.2) is 66.3 Å². The highest BCUT2D eigenvalue weighted by Crippen LogP contribution is 2.28. The van der Waals surface area contributed by atoms with E-state index in [1.807, 2.05) is 11.0 Å². The maximum Gasteiger partial charge on any atom is 0.251 e. The zero-order valence-electron chi connectivity index (χ0n) is 14.2. The Balaban J connectivity index is 1.51. The highest BCUT2D eigenvalue weighted by molar-refractivity contribution is 5.94. The summed E-state index contributed by atoms with van der Waals surface area (Å²) in [6.45, 7) is 1.06. The van der Waals surface area contributed by atoms with E-state index in [4.69, 9.17) is 10.00 Å². The Morgan fingerprint density at radius 3 is 2.62 bits per heavy atom. The van der Waals surface area contributed by atoms with Crippen molar-refractivity contribution in [2.24, 2.45) is 0 Å². The number of aliphatic hydroxyl groups excluding tert-OH is 1. The minimum Gasteiger partial charge on any atom is -0.388 e. The molecule has 2 N–H and O–H groups in total. The lowest BCUT2D eigenvalue weighted by Gasteiger charge is -2.33. The van der Waals surface area contributed by atoms with E-state index in [2.05, 4.69) is 5.32 Å². The fraction of sp³-hybridized carbons (Fsp3) is 0.556. The van der Waals surface area contributed by atoms with Crippen LogP contribution in [0.3, 0.4) is 0 Å². The van der Waals surface area contributed by atoms with Gasteiger partial charge in [-0.15, -0.1) is 0 Å². The molecule has 0 aromatic heterocycles. The standard InChI is InChI=1S/C18H21F2N3O3/c19-18(20)5-7-23(8-6-18)10-15-16(24)14(11-26-15)22-17(25)13-3-1-12(9-21)2-4-13/h1-4,14-16,24H,5-8,10-11H2,(H,22,25). The van der Waals surface area contributed by atoms with Crippen LogP contribution in [0.5, 0.6) is 0 Å². The number of amides is 1. The lowest BCUT2D eigenvalue weighted by Crippen LogP contribution is -2.48. The number of rotatable bonds is 4. The number of hydrogen-bond donors (Lipinski definition) is 2. The van der Waals surface area contributed by atoms with Gasteiger partial charge in [0.25, 0.3) is 11.8 Å². The lowest BCUT2D eigenvalue weighted by atomic mass is 10.0. The molecular formula is C18H21F2N3O3. The quantitative estimate of drug-likeness (QED) is 0.836. The van der Waals surface area contributed by atoms with Gasteiger partial charge in [-0.3, -0.25) is 4.79 Å². The zero-order chi connectivity index (χ0) is 18.7. The molecule has 26 heavy (non-hydrogen) atoms. The van der Waals surface area contributed by atoms with Crippen molar-refractivity contribution in [3.05, 3.63) is 35.4 Å². The number of carbonyl (C=O) groups is 1. The van der Waals surface area contributed by atoms with E-state index in [-0.39, 0.29) is 38.4 Å². The third-order valence-corrected chi connectivity index (χ3v) is 4.90. The van der Waals surface area contributed by atoms with Gasteiger partial charge in [0.05, 0.1) is 30.4 Å². The van der Waals surface area contributed by atoms with Gasteiger partial charge in [0.2, 0.25) is 0 Å². The topological polar surface area (TPSA) is 85.6 Å². The Labute approximate surface area is 150 Å². The molecule has 2 heterocycles. The molecule has 0 spiro atoms. The summed E-state index contributed by atoms with van der Waals surface area (Å²) in [5.41, 5.74) is 0.843. The van der Waals surface area contributed by atoms with E-state index in [1.54, 1.807) is 24.3 Å². The molecule has 8 heteroatoms. The van der Waals surface area contributed by atoms with Gasteiger partial charge >= 0.3 is 0 Å². The van der Waals surface area contributed by atoms with Crippen LogP contribution in [0.15, 0.2) is 24.3 Å². The number of alkyl halides is 2. The number of aliphatic hydroxyl groups is 1. The number of ether oxygens (including phenoxy) is 1. The molecule has 3 rings (SSSR count). The summed E-state index contributed by atoms with van der Waals surface area (Å²) >= 11 is 0. The fourth-order valence-corrected chi connectivity index (χ4v) is 3.24. The molecule has 1 amide bonds. The zero-order valence-corrected chi connectivity index (χ0v) is 14.2. The number of benzene rings is 1. The van der Waals surface area contributed by atoms with Crippen LogP contribution < -0.4 is 5.32 Å². The number of piperidine rings is 1. The van der Waals surface area contributed by atoms with Crippen LogP contribution in [-0.2, 0) is 4.74 Å². The molecule has 3 atom stereocenters. The molecule has 0 bridgehead atoms. The van der Waals surface area contributed by atoms with Gasteiger partial charge in [0.15, 0.2) is 0 Å². The number of nitrogens with one attached hydrogen (secondary N) is 1. The normalized spacial score (nSPS) is 28.5. The average Bonchev–Trinajstić information content (AvgIpc) is 2.97. The summed E-state index contributed by atoms with van der Waals surface area (Å²) in [5, 5.41) is 21.9. The molecule has 0 saturated carbocycles. The monoisotopic (exact) mass is 365 g/mol. The van der Waals surface area contributed by atoms with Crippen LogP contribution in [0.4, 0.5) is 8.78 Å². The third kappa shape index (κ3) is 4.36. The maximum absolute atomic E-state index is 13.2. The Hall–Kier alpha value is -2.08. The molecule has 140 valence electrons. The molecule has 1 aromatic carbocycles. The first-order valence-corrected chi connectivity index (χ1v) is 8.59. The first-order valence-electron chi connectivity index (χ1n) is 8.59. The predicted octanol–water partition coefficient (Wildman–Crippen LogP) is 1.15. The molecule has 2 fully saturated rings. The smallest absolute Gasteiger partial charge is 0.251 e. The second kappa shape index (κ2) is 7.66. The minimum absolute atomic E-state index is 0.165. The minimum atomic E-state index is -2.61. The van der Waals surface area contributed by atoms with Crippen LogP contribution in [0.2, 0.25) is 0 Å². The lowest BCUT2D eigenvalue weighted by molar-refractivity contribution is -0.0674. The molecule has 2 aliphatic heterocycles. The van der Waals surface area contributed by atoms with Crippen molar-refractivity contribution in [1.29, 1.82) is 5.26 Å². The van der Waals surface area contributed by atoms with E-state index in [9.17, 15) is 18.7 Å². The number of nitrogens with zero attached hydrogens (tertiary/aromatic N) is 2. The van der Waals surface area contributed by atoms with Crippen molar-refractivity contribution in [3.8, 4) is 6.07 Å². The first-order chi connectivity index (χ1) is 12.4. The number of halogens is 2. The van der Waals surface area contributed by atoms with Crippen molar-refractivity contribution in [1.82, 2.24) is 10.2 Å². The molecular weight excluding hydrogens is 344 g/mol. The van der Waals surface area contributed by atoms with Gasteiger partial charge in [-0.05, 0) is 24.3 Å². The van der Waals surface area contributed by atoms with Crippen LogP contribution >= 0.6 is 0 Å². The highest BCUT2D eigenvalue weighted by atomic mass is 19.3. The SMILES string of the molecule is N#Cc1ccc(C(=O)NC2COC(CN3CCC(F)(F)CC3)C2O)cc1. The molecule has 2 saturated heterocycles. The molecule has 0 radical (unpaired) electrons. The highest BCUT2D eigenvalue weighted by Gasteiger charge is 2.40. The number of hydrogen-bond acceptors (Lipinski definition) is 5. The van der Waals surface area contributed by atoms with Crippen molar-refractivity contribution in [2.45, 2.75) is 37.0 Å². The van der Waals surface area contributed by atoms with E-state index in [1.165, 1.54) is 0 Å². The Morgan fingerprint density at radius 1 is 1.35 bits per heavy atom. The first kappa shape index (κ1) is 18.7. The van der Waals surface area contributed by atoms with Gasteiger partial charge in [0, 0.05) is 38.0 Å². The van der Waals surface area contributed by atoms with Gasteiger partial charge in [0.1, 0.15) is 6.10 Å². The van der Waals surface area contributed by atoms with Crippen molar-refractivity contribution in [2.75, 3.05) is 26.2 Å². The second-order valence-corrected chi connectivity index (χ2v) is 6.79. The Morgan fingerprint density at radius 2 is 2.00 bits per heavy atom. The molecule has 1 aromatic rings. The second-order valence-electron chi connectivity index (χ2n) is 6.79. The number of likely N-dealkylation sites (tertiary alicyclic amines) is 1. The summed E-state index contributed by atoms with van der Waals surface area (Å²) in [5.74, 6) is -2.97. The largest absolute Gasteiger partial charge is 0.388 e. The van der Waals surface area contributed by atoms with E-state index < -0.39 is 24.2 Å². The fourth-order valence-electron chi connectivity index (χ4n) is 3.24. The van der Waals surface area contributed by atoms with Crippen LogP contribution in [0.25, 0.3) is 0 Å². The van der Waals surface area contributed by atoms with Gasteiger partial charge in [-0.25, -0.2) is 8.78 Å². The van der Waals surface area contributed by atoms with E-state index >= 15 is 0 Å². The molecule has 3 unspecified atom stereocenters. The van der Waals surface area contributed by atoms with Gasteiger partial charge < -0.3 is 20.1 Å². The molecule has 0 aliphatic carbocycles. The average molecular weight is 365 g/mol. The van der Waals surface area contributed by atoms with Crippen molar-refractivity contribution >= 4 is 5.91 Å². The Bertz CT molecular complexity index is 680. The summed E-state index contributed by atoms with van der Waals surface area (Å²) < 4.78 is 32.0. The van der Waals surface area contributed by atoms with E-state index in [0.29, 0.717) is 17.7 Å². The Kier molecular flexibility index (Phi) is 5.51. The van der Waals surface area contributed by atoms with Crippen LogP contribution in [0, 0.1) is 11.3 Å². The molecule has 6 nitrogen and oxygen atoms in total. The number of carbonyl (C=O) groups excluding carboxylic acids is 1. The molecule has 2 aliphatic rings. The van der Waals surface area contributed by atoms with Crippen molar-refractivity contribution < 1.29 is 23.4 Å². The summed E-state index contributed by atoms with van der Waals surface area (Å²) in [6.07, 6.45) is -1.80. The van der Waals surface area contributed by atoms with Gasteiger partial charge in [-0.1, -0.05) is 0 Å². The van der Waals surface area contributed by atoms with Crippen LogP contribution in [0.1, 0.15) is 28.8 Å². The summed E-state index contributed by atoms with van der Waals surface area (Å²) in [4.78, 5) is 14.1. The maximum atomic E-state index is 13.2.